The minimum absolute atomic E-state index is 0.0759. The van der Waals surface area contributed by atoms with Crippen molar-refractivity contribution in [3.05, 3.63) is 197 Å². The number of alkyl carbamates (subject to hydrolysis) is 1. The number of benzene rings is 5. The van der Waals surface area contributed by atoms with Crippen molar-refractivity contribution in [1.29, 1.82) is 0 Å². The predicted octanol–water partition coefficient (Wildman–Crippen LogP) is 10.3. The maximum absolute atomic E-state index is 15.6. The molecule has 7 heterocycles. The van der Waals surface area contributed by atoms with Gasteiger partial charge in [-0.1, -0.05) is 63.0 Å². The van der Waals surface area contributed by atoms with Crippen LogP contribution in [0.2, 0.25) is 0 Å². The lowest BCUT2D eigenvalue weighted by Crippen LogP contribution is -2.47. The molecule has 0 bridgehead atoms. The molecule has 33 heteroatoms. The number of carbonyl (C=O) groups excluding carboxylic acids is 9. The van der Waals surface area contributed by atoms with Crippen molar-refractivity contribution in [2.75, 3.05) is 89.2 Å². The number of hydrogen-bond donors (Lipinski definition) is 6. The van der Waals surface area contributed by atoms with E-state index in [2.05, 4.69) is 27.8 Å². The summed E-state index contributed by atoms with van der Waals surface area (Å²) >= 11 is 1.67. The number of rotatable bonds is 28. The first-order chi connectivity index (χ1) is 55.1. The number of pyridine rings is 2. The Kier molecular flexibility index (Phi) is 25.0. The number of urea groups is 1. The molecule has 2 saturated heterocycles. The van der Waals surface area contributed by atoms with Crippen LogP contribution in [-0.4, -0.2) is 163 Å². The van der Waals surface area contributed by atoms with E-state index in [1.807, 2.05) is 0 Å². The number of ketones is 1. The Bertz CT molecular complexity index is 5030. The van der Waals surface area contributed by atoms with Crippen molar-refractivity contribution in [3.8, 4) is 17.1 Å². The number of nitrogens with one attached hydrogen (secondary N) is 4. The van der Waals surface area contributed by atoms with Crippen molar-refractivity contribution in [2.24, 2.45) is 17.6 Å². The predicted molar refractivity (Wildman–Crippen MR) is 415 cm³/mol. The van der Waals surface area contributed by atoms with E-state index in [-0.39, 0.29) is 103 Å². The minimum atomic E-state index is -5.15. The first-order valence-electron chi connectivity index (χ1n) is 37.6. The highest BCUT2D eigenvalue weighted by Gasteiger charge is 2.47. The largest absolute Gasteiger partial charge is 0.491 e. The standard InChI is InChI=1S/C82H84F4N10O17S2/c1-6-81(107)46(5)112-42-57-58(81)38-64-70-56(40-95(64)76(57)102)68-61(23-22-55-45(4)60(83)39-62(90-70)67(55)68)91-80(106)113-41-47-9-15-51(16-10-47)89-73(99)50(8-7-25-88-79(87)105)36-65(97)69(44(2)3)92-66(98)43-110-34-35-111-52-17-24-63(59(37-52)82(84,85)86)96-77(103)71(114-53-18-11-48(12-19-53)74(100)93-26-30-108-31-27-93)72(78(96)104)115-54-20-13-49(14-21-54)75(101)94-28-32-109-33-29-94/h9-21,24,37-39,44,50,61,69,107H,5-8,22-23,25-36,40-43H2,1-4H3,(H,89,99)(H,91,106)(H,92,98)(H3,87,88,105)/t50-,61+,69+,81-/m1/s1. The summed E-state index contributed by atoms with van der Waals surface area (Å²) in [7, 11) is 0. The fourth-order valence-electron chi connectivity index (χ4n) is 14.9. The molecule has 5 aromatic carbocycles. The number of anilines is 2. The Morgan fingerprint density at radius 3 is 2.03 bits per heavy atom. The molecule has 0 unspecified atom stereocenters. The summed E-state index contributed by atoms with van der Waals surface area (Å²) < 4.78 is 96.2. The molecule has 9 amide bonds. The van der Waals surface area contributed by atoms with Gasteiger partial charge >= 0.3 is 18.3 Å². The van der Waals surface area contributed by atoms with Gasteiger partial charge in [-0.25, -0.2) is 23.9 Å². The summed E-state index contributed by atoms with van der Waals surface area (Å²) in [6.45, 7) is 12.3. The SMILES string of the molecule is C=C1OCc2c(cc3n(c2=O)Cc2c-3nc3cc(F)c(C)c4c3c2[C@@H](NC(=O)OCc2ccc(NC(=O)[C@H](CCCNC(N)=O)CC(=O)[C@@H](NC(=O)COCCOc3ccc(N5C(=O)C(Sc6ccc(C(=O)N7CCOCC7)cc6)=C(Sc6ccc(C(=O)N7CCOCC7)cc6)C5=O)c(C(F)(F)F)c3)C(C)C)cc2)CC4)[C@@]1(O)CC. The average Bonchev–Trinajstić information content (AvgIpc) is 1.58. The highest BCUT2D eigenvalue weighted by molar-refractivity contribution is 8.08. The second-order valence-corrected chi connectivity index (χ2v) is 30.9. The molecule has 604 valence electrons. The van der Waals surface area contributed by atoms with Crippen LogP contribution in [0.1, 0.15) is 124 Å². The number of amides is 9. The number of thioether (sulfide) groups is 2. The maximum atomic E-state index is 15.6. The lowest BCUT2D eigenvalue weighted by molar-refractivity contribution is -0.137. The van der Waals surface area contributed by atoms with Crippen LogP contribution in [0, 0.1) is 24.6 Å². The molecular weight excluding hydrogens is 1540 g/mol. The Hall–Kier alpha value is -11.0. The van der Waals surface area contributed by atoms with Crippen molar-refractivity contribution in [1.82, 2.24) is 35.3 Å². The zero-order chi connectivity index (χ0) is 81.7. The summed E-state index contributed by atoms with van der Waals surface area (Å²) in [5.74, 6) is -6.59. The van der Waals surface area contributed by atoms with Gasteiger partial charge in [0.05, 0.1) is 95.2 Å². The van der Waals surface area contributed by atoms with Crippen molar-refractivity contribution in [2.45, 2.75) is 120 Å². The van der Waals surface area contributed by atoms with E-state index in [0.29, 0.717) is 153 Å². The van der Waals surface area contributed by atoms with Gasteiger partial charge in [0.15, 0.2) is 5.78 Å². The van der Waals surface area contributed by atoms with Gasteiger partial charge in [-0.05, 0) is 152 Å². The summed E-state index contributed by atoms with van der Waals surface area (Å²) in [6, 6.07) is 22.1. The van der Waals surface area contributed by atoms with Crippen LogP contribution in [0.15, 0.2) is 140 Å². The van der Waals surface area contributed by atoms with E-state index in [0.717, 1.165) is 41.2 Å². The number of aliphatic hydroxyl groups is 1. The number of carbonyl (C=O) groups is 9. The zero-order valence-electron chi connectivity index (χ0n) is 63.3. The molecule has 1 aliphatic carbocycles. The number of aromatic nitrogens is 2. The van der Waals surface area contributed by atoms with Crippen LogP contribution in [-0.2, 0) is 85.6 Å². The summed E-state index contributed by atoms with van der Waals surface area (Å²) in [5, 5.41) is 23.3. The van der Waals surface area contributed by atoms with Gasteiger partial charge in [0.1, 0.15) is 49.4 Å². The highest BCUT2D eigenvalue weighted by Crippen LogP contribution is 2.50. The normalized spacial score (nSPS) is 17.7. The number of nitrogens with zero attached hydrogens (tertiary/aromatic N) is 5. The number of fused-ring (bicyclic) bond motifs is 5. The zero-order valence-corrected chi connectivity index (χ0v) is 64.9. The van der Waals surface area contributed by atoms with Gasteiger partial charge < -0.3 is 74.9 Å². The Morgan fingerprint density at radius 2 is 1.43 bits per heavy atom. The highest BCUT2D eigenvalue weighted by atomic mass is 32.2. The molecular formula is C82H84F4N10O17S2. The number of imide groups is 1. The first kappa shape index (κ1) is 82.0. The van der Waals surface area contributed by atoms with E-state index in [1.165, 1.54) is 6.07 Å². The number of hydrogen-bond acceptors (Lipinski definition) is 20. The molecule has 4 atom stereocenters. The van der Waals surface area contributed by atoms with Crippen LogP contribution in [0.3, 0.4) is 0 Å². The van der Waals surface area contributed by atoms with E-state index < -0.39 is 108 Å². The topological polar surface area (TPSA) is 348 Å². The fourth-order valence-corrected chi connectivity index (χ4v) is 16.9. The second-order valence-electron chi connectivity index (χ2n) is 28.8. The van der Waals surface area contributed by atoms with Crippen molar-refractivity contribution >= 4 is 99.2 Å². The molecule has 27 nitrogen and oxygen atoms in total. The minimum Gasteiger partial charge on any atom is -0.491 e. The van der Waals surface area contributed by atoms with Crippen molar-refractivity contribution < 1.29 is 94.2 Å². The third kappa shape index (κ3) is 17.8. The number of primary amides is 1. The molecule has 0 radical (unpaired) electrons. The van der Waals surface area contributed by atoms with Crippen LogP contribution < -0.4 is 42.2 Å². The Balaban J connectivity index is 0.613. The van der Waals surface area contributed by atoms with E-state index in [9.17, 15) is 53.1 Å². The molecule has 0 spiro atoms. The number of alkyl halides is 3. The van der Waals surface area contributed by atoms with E-state index >= 15 is 17.6 Å². The monoisotopic (exact) mass is 1620 g/mol. The third-order valence-electron chi connectivity index (χ3n) is 21.1. The van der Waals surface area contributed by atoms with Gasteiger partial charge in [0.2, 0.25) is 11.8 Å². The molecule has 7 N–H and O–H groups in total. The van der Waals surface area contributed by atoms with Crippen LogP contribution in [0.4, 0.5) is 38.5 Å². The summed E-state index contributed by atoms with van der Waals surface area (Å²) in [4.78, 5) is 146. The van der Waals surface area contributed by atoms with Gasteiger partial charge in [-0.3, -0.25) is 38.4 Å². The summed E-state index contributed by atoms with van der Waals surface area (Å²) in [6.07, 6.45) is -5.02. The van der Waals surface area contributed by atoms with Gasteiger partial charge in [0, 0.05) is 94.2 Å². The lowest BCUT2D eigenvalue weighted by Gasteiger charge is -2.35. The van der Waals surface area contributed by atoms with Gasteiger partial charge in [0.25, 0.3) is 29.2 Å². The maximum Gasteiger partial charge on any atom is 0.418 e. The third-order valence-corrected chi connectivity index (χ3v) is 23.4. The Labute approximate surface area is 666 Å². The molecule has 2 aromatic heterocycles. The lowest BCUT2D eigenvalue weighted by atomic mass is 9.81. The van der Waals surface area contributed by atoms with Crippen LogP contribution >= 0.6 is 23.5 Å². The molecule has 13 rings (SSSR count). The fraction of sp³-hybridized carbons (Fsp3) is 0.378. The molecule has 115 heavy (non-hydrogen) atoms. The summed E-state index contributed by atoms with van der Waals surface area (Å²) in [5.41, 5.74) is 6.99. The number of aryl methyl sites for hydroxylation is 1. The first-order valence-corrected chi connectivity index (χ1v) is 39.2. The van der Waals surface area contributed by atoms with Gasteiger partial charge in [-0.2, -0.15) is 13.2 Å². The van der Waals surface area contributed by atoms with Crippen molar-refractivity contribution in [3.63, 3.8) is 0 Å². The van der Waals surface area contributed by atoms with E-state index in [1.54, 1.807) is 121 Å². The number of ether oxygens (including phenoxy) is 6. The quantitative estimate of drug-likeness (QED) is 0.0151. The van der Waals surface area contributed by atoms with Gasteiger partial charge in [-0.15, -0.1) is 0 Å². The number of nitrogens with two attached hydrogens (primary N) is 1. The number of halogens is 4. The molecule has 5 aliphatic heterocycles. The number of morpholine rings is 2. The average molecular weight is 1620 g/mol. The smallest absolute Gasteiger partial charge is 0.418 e. The molecule has 6 aliphatic rings. The molecule has 0 saturated carbocycles. The molecule has 7 aromatic rings. The van der Waals surface area contributed by atoms with Crippen LogP contribution in [0.5, 0.6) is 5.75 Å². The Morgan fingerprint density at radius 1 is 0.809 bits per heavy atom. The second kappa shape index (κ2) is 35.0. The number of Topliss-reactive ketones (excluding diaryl/α,β-unsaturated/α-hetero) is 1. The van der Waals surface area contributed by atoms with Crippen LogP contribution in [0.25, 0.3) is 22.3 Å². The molecule has 2 fully saturated rings. The van der Waals surface area contributed by atoms with E-state index in [4.69, 9.17) is 39.1 Å².